The largest absolute Gasteiger partial charge is 0.478 e. The summed E-state index contributed by atoms with van der Waals surface area (Å²) in [5.41, 5.74) is -1.10. The molecule has 1 fully saturated rings. The van der Waals surface area contributed by atoms with Crippen LogP contribution < -0.4 is 10.1 Å². The number of nitrogens with one attached hydrogen (secondary N) is 1. The topological polar surface area (TPSA) is 72.5 Å². The first-order valence-corrected chi connectivity index (χ1v) is 8.84. The fourth-order valence-corrected chi connectivity index (χ4v) is 3.91. The van der Waals surface area contributed by atoms with E-state index in [-0.39, 0.29) is 23.5 Å². The Bertz CT molecular complexity index is 625. The van der Waals surface area contributed by atoms with Crippen LogP contribution in [0.1, 0.15) is 20.3 Å². The van der Waals surface area contributed by atoms with Crippen LogP contribution in [-0.4, -0.2) is 37.5 Å². The van der Waals surface area contributed by atoms with Gasteiger partial charge in [-0.3, -0.25) is 4.79 Å². The molecule has 0 aliphatic carbocycles. The lowest BCUT2D eigenvalue weighted by Crippen LogP contribution is -2.50. The molecule has 116 valence electrons. The average Bonchev–Trinajstić information content (AvgIpc) is 2.71. The van der Waals surface area contributed by atoms with Gasteiger partial charge in [-0.25, -0.2) is 8.42 Å². The Hall–Kier alpha value is -1.27. The number of carbonyl (C=O) groups is 1. The van der Waals surface area contributed by atoms with Crippen LogP contribution in [0.3, 0.4) is 0 Å². The Balaban J connectivity index is 1.98. The smallest absolute Gasteiger partial charge is 0.263 e. The molecule has 1 atom stereocenters. The summed E-state index contributed by atoms with van der Waals surface area (Å²) in [4.78, 5) is 12.2. The van der Waals surface area contributed by atoms with Gasteiger partial charge in [-0.15, -0.1) is 0 Å². The van der Waals surface area contributed by atoms with Crippen molar-refractivity contribution in [3.05, 3.63) is 29.3 Å². The predicted molar refractivity (Wildman–Crippen MR) is 81.4 cm³/mol. The van der Waals surface area contributed by atoms with Crippen molar-refractivity contribution >= 4 is 27.3 Å². The van der Waals surface area contributed by atoms with Gasteiger partial charge in [0.25, 0.3) is 5.91 Å². The maximum absolute atomic E-state index is 12.2. The number of hydrogen-bond acceptors (Lipinski definition) is 4. The van der Waals surface area contributed by atoms with E-state index in [0.717, 1.165) is 0 Å². The highest BCUT2D eigenvalue weighted by Crippen LogP contribution is 2.21. The first kappa shape index (κ1) is 16.1. The van der Waals surface area contributed by atoms with E-state index in [0.29, 0.717) is 17.2 Å². The number of halogens is 1. The predicted octanol–water partition coefficient (Wildman–Crippen LogP) is 1.80. The van der Waals surface area contributed by atoms with Crippen LogP contribution in [0.5, 0.6) is 5.75 Å². The zero-order valence-corrected chi connectivity index (χ0v) is 13.5. The molecule has 1 heterocycles. The number of carbonyl (C=O) groups excluding carboxylic acids is 1. The molecule has 1 aromatic carbocycles. The van der Waals surface area contributed by atoms with Gasteiger partial charge in [0.05, 0.1) is 11.5 Å². The van der Waals surface area contributed by atoms with Gasteiger partial charge in [0.2, 0.25) is 0 Å². The van der Waals surface area contributed by atoms with Crippen molar-refractivity contribution < 1.29 is 17.9 Å². The Labute approximate surface area is 129 Å². The minimum absolute atomic E-state index is 0.00420. The monoisotopic (exact) mass is 331 g/mol. The third kappa shape index (κ3) is 4.35. The molecule has 0 radical (unpaired) electrons. The van der Waals surface area contributed by atoms with Crippen LogP contribution >= 0.6 is 11.6 Å². The molecule has 2 rings (SSSR count). The number of amides is 1. The van der Waals surface area contributed by atoms with E-state index in [1.165, 1.54) is 0 Å². The van der Waals surface area contributed by atoms with E-state index in [1.807, 2.05) is 0 Å². The highest BCUT2D eigenvalue weighted by atomic mass is 35.5. The summed E-state index contributed by atoms with van der Waals surface area (Å²) in [6, 6.07) is 6.37. The first-order chi connectivity index (χ1) is 9.68. The van der Waals surface area contributed by atoms with Crippen molar-refractivity contribution in [2.24, 2.45) is 0 Å². The standard InChI is InChI=1S/C14H18ClNO4S/c1-14(2,20-12-5-3-10(15)4-6-12)13(17)16-11-7-8-21(18,19)9-11/h3-6,11H,7-9H2,1-2H3,(H,16,17)/t11-/m1/s1. The van der Waals surface area contributed by atoms with E-state index in [1.54, 1.807) is 38.1 Å². The molecule has 0 bridgehead atoms. The molecule has 21 heavy (non-hydrogen) atoms. The summed E-state index contributed by atoms with van der Waals surface area (Å²) >= 11 is 5.79. The van der Waals surface area contributed by atoms with Gasteiger partial charge in [-0.05, 0) is 44.5 Å². The van der Waals surface area contributed by atoms with E-state index in [2.05, 4.69) is 5.32 Å². The van der Waals surface area contributed by atoms with Gasteiger partial charge < -0.3 is 10.1 Å². The lowest BCUT2D eigenvalue weighted by Gasteiger charge is -2.26. The quantitative estimate of drug-likeness (QED) is 0.913. The maximum atomic E-state index is 12.2. The number of sulfone groups is 1. The number of benzene rings is 1. The Morgan fingerprint density at radius 2 is 1.95 bits per heavy atom. The molecule has 0 spiro atoms. The van der Waals surface area contributed by atoms with Crippen LogP contribution in [-0.2, 0) is 14.6 Å². The molecule has 5 nitrogen and oxygen atoms in total. The van der Waals surface area contributed by atoms with Crippen molar-refractivity contribution in [2.75, 3.05) is 11.5 Å². The zero-order chi connectivity index (χ0) is 15.7. The third-order valence-electron chi connectivity index (χ3n) is 3.30. The molecular formula is C14H18ClNO4S. The fraction of sp³-hybridized carbons (Fsp3) is 0.500. The van der Waals surface area contributed by atoms with Gasteiger partial charge in [-0.1, -0.05) is 11.6 Å². The van der Waals surface area contributed by atoms with Crippen molar-refractivity contribution in [3.8, 4) is 5.75 Å². The van der Waals surface area contributed by atoms with Crippen molar-refractivity contribution in [3.63, 3.8) is 0 Å². The molecule has 1 N–H and O–H groups in total. The number of hydrogen-bond donors (Lipinski definition) is 1. The molecule has 1 amide bonds. The second-order valence-electron chi connectivity index (χ2n) is 5.64. The van der Waals surface area contributed by atoms with E-state index in [9.17, 15) is 13.2 Å². The van der Waals surface area contributed by atoms with E-state index >= 15 is 0 Å². The summed E-state index contributed by atoms with van der Waals surface area (Å²) in [5, 5.41) is 3.32. The first-order valence-electron chi connectivity index (χ1n) is 6.64. The summed E-state index contributed by atoms with van der Waals surface area (Å²) < 4.78 is 28.5. The third-order valence-corrected chi connectivity index (χ3v) is 5.32. The zero-order valence-electron chi connectivity index (χ0n) is 11.9. The molecule has 1 saturated heterocycles. The second-order valence-corrected chi connectivity index (χ2v) is 8.30. The highest BCUT2D eigenvalue weighted by Gasteiger charge is 2.35. The normalized spacial score (nSPS) is 21.0. The van der Waals surface area contributed by atoms with Gasteiger partial charge >= 0.3 is 0 Å². The van der Waals surface area contributed by atoms with Gasteiger partial charge in [0, 0.05) is 11.1 Å². The fourth-order valence-electron chi connectivity index (χ4n) is 2.11. The van der Waals surface area contributed by atoms with Crippen molar-refractivity contribution in [1.82, 2.24) is 5.32 Å². The van der Waals surface area contributed by atoms with Crippen LogP contribution in [0.25, 0.3) is 0 Å². The molecule has 1 aliphatic heterocycles. The highest BCUT2D eigenvalue weighted by molar-refractivity contribution is 7.91. The minimum atomic E-state index is -3.02. The summed E-state index contributed by atoms with van der Waals surface area (Å²) in [6.07, 6.45) is 0.450. The van der Waals surface area contributed by atoms with Crippen LogP contribution in [0, 0.1) is 0 Å². The second kappa shape index (κ2) is 5.85. The summed E-state index contributed by atoms with van der Waals surface area (Å²) in [7, 11) is -3.02. The lowest BCUT2D eigenvalue weighted by atomic mass is 10.1. The minimum Gasteiger partial charge on any atom is -0.478 e. The molecule has 1 aliphatic rings. The Morgan fingerprint density at radius 1 is 1.33 bits per heavy atom. The molecular weight excluding hydrogens is 314 g/mol. The molecule has 7 heteroatoms. The number of rotatable bonds is 4. The van der Waals surface area contributed by atoms with Crippen molar-refractivity contribution in [2.45, 2.75) is 31.9 Å². The van der Waals surface area contributed by atoms with E-state index < -0.39 is 15.4 Å². The Kier molecular flexibility index (Phi) is 4.49. The van der Waals surface area contributed by atoms with Gasteiger partial charge in [0.1, 0.15) is 5.75 Å². The molecule has 0 saturated carbocycles. The van der Waals surface area contributed by atoms with Crippen LogP contribution in [0.15, 0.2) is 24.3 Å². The average molecular weight is 332 g/mol. The van der Waals surface area contributed by atoms with Gasteiger partial charge in [-0.2, -0.15) is 0 Å². The molecule has 0 aromatic heterocycles. The SMILES string of the molecule is CC(C)(Oc1ccc(Cl)cc1)C(=O)N[C@@H]1CCS(=O)(=O)C1. The molecule has 1 aromatic rings. The lowest BCUT2D eigenvalue weighted by molar-refractivity contribution is -0.134. The number of ether oxygens (including phenoxy) is 1. The van der Waals surface area contributed by atoms with Crippen LogP contribution in [0.4, 0.5) is 0 Å². The summed E-state index contributed by atoms with van der Waals surface area (Å²) in [6.45, 7) is 3.28. The van der Waals surface area contributed by atoms with Crippen LogP contribution in [0.2, 0.25) is 5.02 Å². The van der Waals surface area contributed by atoms with Crippen molar-refractivity contribution in [1.29, 1.82) is 0 Å². The van der Waals surface area contributed by atoms with E-state index in [4.69, 9.17) is 16.3 Å². The Morgan fingerprint density at radius 3 is 2.48 bits per heavy atom. The maximum Gasteiger partial charge on any atom is 0.263 e. The van der Waals surface area contributed by atoms with Gasteiger partial charge in [0.15, 0.2) is 15.4 Å². The summed E-state index contributed by atoms with van der Waals surface area (Å²) in [5.74, 6) is 0.310. The molecule has 0 unspecified atom stereocenters.